The molecule has 1 amide bonds. The van der Waals surface area contributed by atoms with Gasteiger partial charge in [0.2, 0.25) is 0 Å². The van der Waals surface area contributed by atoms with E-state index in [2.05, 4.69) is 16.7 Å². The van der Waals surface area contributed by atoms with E-state index in [4.69, 9.17) is 0 Å². The summed E-state index contributed by atoms with van der Waals surface area (Å²) in [7, 11) is 0. The standard InChI is InChI=1S/C10H12F3N3OS/c1-6-7(15-9(14-2)18-3)4-16(8(6)17)5-10(11,12)13/h2,4-5H2,1,3H3/b15-9+. The number of halogens is 3. The second-order valence-electron chi connectivity index (χ2n) is 3.60. The number of amidine groups is 1. The van der Waals surface area contributed by atoms with Crippen molar-refractivity contribution in [1.29, 1.82) is 0 Å². The smallest absolute Gasteiger partial charge is 0.324 e. The molecule has 1 heterocycles. The van der Waals surface area contributed by atoms with Gasteiger partial charge in [0.1, 0.15) is 6.54 Å². The van der Waals surface area contributed by atoms with Gasteiger partial charge in [-0.15, -0.1) is 0 Å². The number of thioether (sulfide) groups is 1. The first kappa shape index (κ1) is 14.7. The highest BCUT2D eigenvalue weighted by molar-refractivity contribution is 8.13. The quantitative estimate of drug-likeness (QED) is 0.574. The maximum atomic E-state index is 12.2. The van der Waals surface area contributed by atoms with E-state index in [1.54, 1.807) is 6.26 Å². The highest BCUT2D eigenvalue weighted by atomic mass is 32.2. The Morgan fingerprint density at radius 3 is 2.61 bits per heavy atom. The molecule has 18 heavy (non-hydrogen) atoms. The summed E-state index contributed by atoms with van der Waals surface area (Å²) >= 11 is 1.21. The minimum atomic E-state index is -4.41. The van der Waals surface area contributed by atoms with Gasteiger partial charge < -0.3 is 4.90 Å². The fourth-order valence-corrected chi connectivity index (χ4v) is 1.79. The molecule has 0 atom stereocenters. The fraction of sp³-hybridized carbons (Fsp3) is 0.500. The maximum Gasteiger partial charge on any atom is 0.406 e. The van der Waals surface area contributed by atoms with Gasteiger partial charge in [-0.25, -0.2) is 9.98 Å². The van der Waals surface area contributed by atoms with E-state index in [9.17, 15) is 18.0 Å². The van der Waals surface area contributed by atoms with Crippen LogP contribution in [0.3, 0.4) is 0 Å². The van der Waals surface area contributed by atoms with Gasteiger partial charge in [0.25, 0.3) is 5.91 Å². The van der Waals surface area contributed by atoms with Gasteiger partial charge in [0.05, 0.1) is 12.2 Å². The zero-order valence-electron chi connectivity index (χ0n) is 9.91. The molecule has 0 aromatic carbocycles. The molecule has 0 saturated carbocycles. The third kappa shape index (κ3) is 3.59. The number of carbonyl (C=O) groups is 1. The van der Waals surface area contributed by atoms with Crippen LogP contribution in [0.25, 0.3) is 0 Å². The molecule has 1 aliphatic heterocycles. The third-order valence-electron chi connectivity index (χ3n) is 2.30. The molecule has 0 fully saturated rings. The molecule has 0 saturated heterocycles. The molecule has 4 nitrogen and oxygen atoms in total. The number of alkyl halides is 3. The molecule has 0 unspecified atom stereocenters. The van der Waals surface area contributed by atoms with E-state index in [0.717, 1.165) is 4.90 Å². The molecule has 0 radical (unpaired) electrons. The topological polar surface area (TPSA) is 45.0 Å². The minimum Gasteiger partial charge on any atom is -0.324 e. The predicted molar refractivity (Wildman–Crippen MR) is 65.8 cm³/mol. The molecule has 0 aromatic heterocycles. The Kier molecular flexibility index (Phi) is 4.55. The first-order valence-corrected chi connectivity index (χ1v) is 6.16. The van der Waals surface area contributed by atoms with Crippen LogP contribution in [-0.4, -0.2) is 48.2 Å². The van der Waals surface area contributed by atoms with E-state index in [1.807, 2.05) is 0 Å². The number of rotatable bonds is 2. The van der Waals surface area contributed by atoms with Gasteiger partial charge in [-0.05, 0) is 19.9 Å². The number of hydrogen-bond acceptors (Lipinski definition) is 3. The molecule has 8 heteroatoms. The lowest BCUT2D eigenvalue weighted by Crippen LogP contribution is -2.36. The molecule has 0 N–H and O–H groups in total. The molecule has 1 rings (SSSR count). The lowest BCUT2D eigenvalue weighted by atomic mass is 10.3. The minimum absolute atomic E-state index is 0.149. The summed E-state index contributed by atoms with van der Waals surface area (Å²) in [6.45, 7) is 3.34. The summed E-state index contributed by atoms with van der Waals surface area (Å²) < 4.78 is 36.7. The zero-order chi connectivity index (χ0) is 13.9. The first-order chi connectivity index (χ1) is 8.28. The highest BCUT2D eigenvalue weighted by Crippen LogP contribution is 2.25. The third-order valence-corrected chi connectivity index (χ3v) is 2.89. The lowest BCUT2D eigenvalue weighted by Gasteiger charge is -2.17. The first-order valence-electron chi connectivity index (χ1n) is 4.93. The molecule has 0 bridgehead atoms. The van der Waals surface area contributed by atoms with E-state index >= 15 is 0 Å². The van der Waals surface area contributed by atoms with Gasteiger partial charge in [-0.1, -0.05) is 11.8 Å². The average molecular weight is 279 g/mol. The Morgan fingerprint density at radius 1 is 1.56 bits per heavy atom. The van der Waals surface area contributed by atoms with Crippen molar-refractivity contribution < 1.29 is 18.0 Å². The molecular formula is C10H12F3N3OS. The second kappa shape index (κ2) is 5.55. The van der Waals surface area contributed by atoms with Crippen LogP contribution in [0.2, 0.25) is 0 Å². The van der Waals surface area contributed by atoms with Crippen molar-refractivity contribution >= 4 is 29.6 Å². The normalized spacial score (nSPS) is 17.7. The molecule has 0 aliphatic carbocycles. The number of amides is 1. The van der Waals surface area contributed by atoms with Gasteiger partial charge in [0.15, 0.2) is 5.17 Å². The average Bonchev–Trinajstić information content (AvgIpc) is 2.52. The number of hydrogen-bond donors (Lipinski definition) is 0. The van der Waals surface area contributed by atoms with E-state index < -0.39 is 18.6 Å². The number of aliphatic imine (C=N–C) groups is 2. The Bertz CT molecular complexity index is 429. The number of nitrogens with zero attached hydrogens (tertiary/aromatic N) is 3. The Labute approximate surface area is 107 Å². The van der Waals surface area contributed by atoms with Crippen LogP contribution in [0.4, 0.5) is 13.2 Å². The van der Waals surface area contributed by atoms with Crippen LogP contribution in [0, 0.1) is 0 Å². The van der Waals surface area contributed by atoms with Crippen molar-refractivity contribution in [2.24, 2.45) is 9.98 Å². The Morgan fingerprint density at radius 2 is 2.17 bits per heavy atom. The van der Waals surface area contributed by atoms with Crippen molar-refractivity contribution in [3.63, 3.8) is 0 Å². The van der Waals surface area contributed by atoms with E-state index in [-0.39, 0.29) is 12.1 Å². The monoisotopic (exact) mass is 279 g/mol. The predicted octanol–water partition coefficient (Wildman–Crippen LogP) is 2.08. The largest absolute Gasteiger partial charge is 0.406 e. The Balaban J connectivity index is 2.88. The summed E-state index contributed by atoms with van der Waals surface area (Å²) in [5.41, 5.74) is 0.524. The molecule has 0 aromatic rings. The van der Waals surface area contributed by atoms with Gasteiger partial charge in [0, 0.05) is 5.57 Å². The fourth-order valence-electron chi connectivity index (χ4n) is 1.46. The van der Waals surface area contributed by atoms with Crippen LogP contribution >= 0.6 is 11.8 Å². The van der Waals surface area contributed by atoms with Crippen LogP contribution < -0.4 is 0 Å². The summed E-state index contributed by atoms with van der Waals surface area (Å²) in [5, 5.41) is 0.325. The molecule has 100 valence electrons. The van der Waals surface area contributed by atoms with Crippen molar-refractivity contribution in [1.82, 2.24) is 4.90 Å². The van der Waals surface area contributed by atoms with Crippen LogP contribution in [0.1, 0.15) is 6.92 Å². The molecule has 0 spiro atoms. The number of carbonyl (C=O) groups excluding carboxylic acids is 1. The summed E-state index contributed by atoms with van der Waals surface area (Å²) in [6.07, 6.45) is -2.69. The lowest BCUT2D eigenvalue weighted by molar-refractivity contribution is -0.156. The van der Waals surface area contributed by atoms with Gasteiger partial charge >= 0.3 is 6.18 Å². The maximum absolute atomic E-state index is 12.2. The van der Waals surface area contributed by atoms with E-state index in [0.29, 0.717) is 10.9 Å². The van der Waals surface area contributed by atoms with Crippen molar-refractivity contribution in [2.45, 2.75) is 13.1 Å². The summed E-state index contributed by atoms with van der Waals surface area (Å²) in [6, 6.07) is 0. The van der Waals surface area contributed by atoms with Crippen LogP contribution in [0.5, 0.6) is 0 Å². The van der Waals surface area contributed by atoms with Crippen molar-refractivity contribution in [3.05, 3.63) is 11.3 Å². The van der Waals surface area contributed by atoms with E-state index in [1.165, 1.54) is 18.7 Å². The molecule has 1 aliphatic rings. The summed E-state index contributed by atoms with van der Waals surface area (Å²) in [5.74, 6) is -0.643. The van der Waals surface area contributed by atoms with Gasteiger partial charge in [-0.3, -0.25) is 4.79 Å². The SMILES string of the molecule is C=N/C(=N\C1=C(C)C(=O)N(CC(F)(F)F)C1)SC. The van der Waals surface area contributed by atoms with Crippen LogP contribution in [-0.2, 0) is 4.79 Å². The zero-order valence-corrected chi connectivity index (χ0v) is 10.7. The van der Waals surface area contributed by atoms with Crippen LogP contribution in [0.15, 0.2) is 21.3 Å². The summed E-state index contributed by atoms with van der Waals surface area (Å²) in [4.78, 5) is 19.9. The van der Waals surface area contributed by atoms with Gasteiger partial charge in [-0.2, -0.15) is 13.2 Å². The van der Waals surface area contributed by atoms with Crippen molar-refractivity contribution in [2.75, 3.05) is 19.3 Å². The second-order valence-corrected chi connectivity index (χ2v) is 4.38. The molecular weight excluding hydrogens is 267 g/mol. The Hall–Kier alpha value is -1.31. The highest BCUT2D eigenvalue weighted by Gasteiger charge is 2.37. The van der Waals surface area contributed by atoms with Crippen molar-refractivity contribution in [3.8, 4) is 0 Å².